The molecule has 23 heavy (non-hydrogen) atoms. The Kier molecular flexibility index (Phi) is 5.72. The van der Waals surface area contributed by atoms with E-state index in [0.29, 0.717) is 11.3 Å². The SMILES string of the molecule is COC(=O)C1CC[NH+]([C@H](C)C(=O)Nc2ccc(C#N)cc2)CC1. The Morgan fingerprint density at radius 3 is 2.43 bits per heavy atom. The van der Waals surface area contributed by atoms with Crippen LogP contribution in [-0.2, 0) is 14.3 Å². The third-order valence-corrected chi connectivity index (χ3v) is 4.45. The van der Waals surface area contributed by atoms with Crippen molar-refractivity contribution in [3.63, 3.8) is 0 Å². The molecule has 1 aromatic carbocycles. The summed E-state index contributed by atoms with van der Waals surface area (Å²) in [5.41, 5.74) is 1.25. The third kappa shape index (κ3) is 4.30. The smallest absolute Gasteiger partial charge is 0.309 e. The summed E-state index contributed by atoms with van der Waals surface area (Å²) in [7, 11) is 1.41. The van der Waals surface area contributed by atoms with E-state index in [0.717, 1.165) is 25.9 Å². The van der Waals surface area contributed by atoms with Gasteiger partial charge in [-0.15, -0.1) is 0 Å². The van der Waals surface area contributed by atoms with Gasteiger partial charge >= 0.3 is 5.97 Å². The van der Waals surface area contributed by atoms with Crippen LogP contribution in [0.3, 0.4) is 0 Å². The number of piperidine rings is 1. The van der Waals surface area contributed by atoms with Gasteiger partial charge in [0.25, 0.3) is 5.91 Å². The number of ether oxygens (including phenoxy) is 1. The predicted molar refractivity (Wildman–Crippen MR) is 84.7 cm³/mol. The lowest BCUT2D eigenvalue weighted by atomic mass is 9.96. The lowest BCUT2D eigenvalue weighted by Gasteiger charge is -2.31. The van der Waals surface area contributed by atoms with Gasteiger partial charge < -0.3 is 15.0 Å². The molecule has 2 rings (SSSR count). The van der Waals surface area contributed by atoms with Crippen molar-refractivity contribution in [1.82, 2.24) is 0 Å². The fourth-order valence-electron chi connectivity index (χ4n) is 2.89. The molecule has 1 amide bonds. The average molecular weight is 316 g/mol. The number of hydrogen-bond donors (Lipinski definition) is 2. The Morgan fingerprint density at radius 2 is 1.91 bits per heavy atom. The monoisotopic (exact) mass is 316 g/mol. The zero-order valence-corrected chi connectivity index (χ0v) is 13.5. The molecule has 2 N–H and O–H groups in total. The molecule has 1 saturated heterocycles. The number of amides is 1. The second-order valence-electron chi connectivity index (χ2n) is 5.86. The van der Waals surface area contributed by atoms with Crippen LogP contribution in [0.1, 0.15) is 25.3 Å². The minimum Gasteiger partial charge on any atom is -0.469 e. The maximum atomic E-state index is 12.3. The number of quaternary nitrogens is 1. The van der Waals surface area contributed by atoms with Crippen molar-refractivity contribution >= 4 is 17.6 Å². The van der Waals surface area contributed by atoms with E-state index in [1.807, 2.05) is 13.0 Å². The number of nitriles is 1. The van der Waals surface area contributed by atoms with Gasteiger partial charge in [0.2, 0.25) is 0 Å². The van der Waals surface area contributed by atoms with Crippen LogP contribution in [0.25, 0.3) is 0 Å². The van der Waals surface area contributed by atoms with Gasteiger partial charge in [-0.05, 0) is 31.2 Å². The molecule has 0 bridgehead atoms. The van der Waals surface area contributed by atoms with Gasteiger partial charge in [0.1, 0.15) is 0 Å². The van der Waals surface area contributed by atoms with Crippen LogP contribution in [0.5, 0.6) is 0 Å². The van der Waals surface area contributed by atoms with Gasteiger partial charge in [0.05, 0.1) is 37.7 Å². The van der Waals surface area contributed by atoms with Gasteiger partial charge in [0.15, 0.2) is 6.04 Å². The summed E-state index contributed by atoms with van der Waals surface area (Å²) in [6, 6.07) is 8.65. The molecule has 1 atom stereocenters. The van der Waals surface area contributed by atoms with E-state index in [-0.39, 0.29) is 23.8 Å². The molecule has 1 aromatic rings. The fourth-order valence-corrected chi connectivity index (χ4v) is 2.89. The number of anilines is 1. The maximum Gasteiger partial charge on any atom is 0.309 e. The van der Waals surface area contributed by atoms with E-state index < -0.39 is 0 Å². The van der Waals surface area contributed by atoms with Crippen LogP contribution in [-0.4, -0.2) is 38.1 Å². The van der Waals surface area contributed by atoms with Crippen molar-refractivity contribution < 1.29 is 19.2 Å². The largest absolute Gasteiger partial charge is 0.469 e. The van der Waals surface area contributed by atoms with Gasteiger partial charge in [-0.1, -0.05) is 0 Å². The average Bonchev–Trinajstić information content (AvgIpc) is 2.61. The highest BCUT2D eigenvalue weighted by molar-refractivity contribution is 5.93. The summed E-state index contributed by atoms with van der Waals surface area (Å²) < 4.78 is 4.78. The van der Waals surface area contributed by atoms with Crippen molar-refractivity contribution in [2.45, 2.75) is 25.8 Å². The zero-order chi connectivity index (χ0) is 16.8. The lowest BCUT2D eigenvalue weighted by Crippen LogP contribution is -3.17. The highest BCUT2D eigenvalue weighted by Gasteiger charge is 2.33. The molecule has 0 aromatic heterocycles. The highest BCUT2D eigenvalue weighted by atomic mass is 16.5. The molecule has 122 valence electrons. The number of nitrogens with zero attached hydrogens (tertiary/aromatic N) is 1. The topological polar surface area (TPSA) is 83.6 Å². The number of esters is 1. The summed E-state index contributed by atoms with van der Waals surface area (Å²) in [5, 5.41) is 11.6. The molecule has 1 aliphatic rings. The second-order valence-corrected chi connectivity index (χ2v) is 5.86. The summed E-state index contributed by atoms with van der Waals surface area (Å²) in [6.45, 7) is 3.45. The normalized spacial score (nSPS) is 21.8. The number of carbonyl (C=O) groups excluding carboxylic acids is 2. The Hall–Kier alpha value is -2.39. The first-order valence-electron chi connectivity index (χ1n) is 7.78. The number of carbonyl (C=O) groups is 2. The van der Waals surface area contributed by atoms with Gasteiger partial charge in [0, 0.05) is 18.5 Å². The number of benzene rings is 1. The van der Waals surface area contributed by atoms with E-state index in [2.05, 4.69) is 5.32 Å². The summed E-state index contributed by atoms with van der Waals surface area (Å²) >= 11 is 0. The number of methoxy groups -OCH3 is 1. The van der Waals surface area contributed by atoms with Gasteiger partial charge in [-0.2, -0.15) is 5.26 Å². The highest BCUT2D eigenvalue weighted by Crippen LogP contribution is 2.12. The summed E-state index contributed by atoms with van der Waals surface area (Å²) in [5.74, 6) is -0.252. The number of likely N-dealkylation sites (tertiary alicyclic amines) is 1. The Labute approximate surface area is 136 Å². The molecular weight excluding hydrogens is 294 g/mol. The Morgan fingerprint density at radius 1 is 1.30 bits per heavy atom. The first-order chi connectivity index (χ1) is 11.0. The van der Waals surface area contributed by atoms with Crippen LogP contribution >= 0.6 is 0 Å². The first-order valence-corrected chi connectivity index (χ1v) is 7.78. The molecule has 1 heterocycles. The number of nitrogens with one attached hydrogen (secondary N) is 2. The quantitative estimate of drug-likeness (QED) is 0.785. The maximum absolute atomic E-state index is 12.3. The van der Waals surface area contributed by atoms with Crippen LogP contribution < -0.4 is 10.2 Å². The van der Waals surface area contributed by atoms with Gasteiger partial charge in [-0.3, -0.25) is 9.59 Å². The van der Waals surface area contributed by atoms with Crippen molar-refractivity contribution in [2.24, 2.45) is 5.92 Å². The van der Waals surface area contributed by atoms with Crippen LogP contribution in [0.2, 0.25) is 0 Å². The van der Waals surface area contributed by atoms with Crippen LogP contribution in [0.4, 0.5) is 5.69 Å². The van der Waals surface area contributed by atoms with Crippen LogP contribution in [0, 0.1) is 17.2 Å². The minimum atomic E-state index is -0.191. The van der Waals surface area contributed by atoms with E-state index >= 15 is 0 Å². The predicted octanol–water partition coefficient (Wildman–Crippen LogP) is 0.353. The molecule has 0 saturated carbocycles. The standard InChI is InChI=1S/C17H21N3O3/c1-12(20-9-7-14(8-10-20)17(22)23-2)16(21)19-15-5-3-13(11-18)4-6-15/h3-6,12,14H,7-10H2,1-2H3,(H,19,21)/p+1/t12-/m1/s1. The molecule has 0 aliphatic carbocycles. The summed E-state index contributed by atoms with van der Waals surface area (Å²) in [6.07, 6.45) is 1.49. The first kappa shape index (κ1) is 17.0. The van der Waals surface area contributed by atoms with Crippen molar-refractivity contribution in [1.29, 1.82) is 5.26 Å². The van der Waals surface area contributed by atoms with E-state index in [1.165, 1.54) is 12.0 Å². The molecule has 6 nitrogen and oxygen atoms in total. The molecule has 1 fully saturated rings. The Balaban J connectivity index is 1.87. The van der Waals surface area contributed by atoms with E-state index in [9.17, 15) is 9.59 Å². The van der Waals surface area contributed by atoms with E-state index in [4.69, 9.17) is 10.00 Å². The zero-order valence-electron chi connectivity index (χ0n) is 13.5. The Bertz CT molecular complexity index is 599. The molecule has 1 aliphatic heterocycles. The van der Waals surface area contributed by atoms with Crippen LogP contribution in [0.15, 0.2) is 24.3 Å². The minimum absolute atomic E-state index is 0.0439. The second kappa shape index (κ2) is 7.75. The molecule has 6 heteroatoms. The fraction of sp³-hybridized carbons (Fsp3) is 0.471. The van der Waals surface area contributed by atoms with Crippen molar-refractivity contribution in [3.8, 4) is 6.07 Å². The summed E-state index contributed by atoms with van der Waals surface area (Å²) in [4.78, 5) is 25.1. The number of hydrogen-bond acceptors (Lipinski definition) is 4. The molecular formula is C17H22N3O3+. The molecule has 0 spiro atoms. The van der Waals surface area contributed by atoms with Crippen molar-refractivity contribution in [3.05, 3.63) is 29.8 Å². The van der Waals surface area contributed by atoms with Crippen molar-refractivity contribution in [2.75, 3.05) is 25.5 Å². The molecule has 0 unspecified atom stereocenters. The number of rotatable bonds is 4. The van der Waals surface area contributed by atoms with E-state index in [1.54, 1.807) is 24.3 Å². The third-order valence-electron chi connectivity index (χ3n) is 4.45. The molecule has 0 radical (unpaired) electrons. The van der Waals surface area contributed by atoms with Gasteiger partial charge in [-0.25, -0.2) is 0 Å². The lowest BCUT2D eigenvalue weighted by molar-refractivity contribution is -0.919.